The van der Waals surface area contributed by atoms with Crippen LogP contribution >= 0.6 is 0 Å². The molecule has 15 heavy (non-hydrogen) atoms. The number of aromatic nitrogens is 3. The Morgan fingerprint density at radius 2 is 2.33 bits per heavy atom. The summed E-state index contributed by atoms with van der Waals surface area (Å²) in [6.07, 6.45) is 3.01. The van der Waals surface area contributed by atoms with E-state index in [4.69, 9.17) is 9.84 Å². The number of methoxy groups -OCH3 is 1. The summed E-state index contributed by atoms with van der Waals surface area (Å²) < 4.78 is 6.44. The molecule has 0 aliphatic rings. The SMILES string of the molecule is COc1nccn2c(C(=O)O)c(C)nc12. The van der Waals surface area contributed by atoms with Gasteiger partial charge in [0, 0.05) is 12.4 Å². The van der Waals surface area contributed by atoms with Crippen LogP contribution in [0.5, 0.6) is 5.88 Å². The number of carbonyl (C=O) groups is 1. The van der Waals surface area contributed by atoms with Gasteiger partial charge in [-0.3, -0.25) is 4.40 Å². The topological polar surface area (TPSA) is 76.7 Å². The predicted octanol–water partition coefficient (Wildman–Crippen LogP) is 0.745. The molecule has 0 saturated heterocycles. The Bertz CT molecular complexity index is 533. The molecule has 0 aromatic carbocycles. The highest BCUT2D eigenvalue weighted by atomic mass is 16.5. The molecule has 0 atom stereocenters. The van der Waals surface area contributed by atoms with Crippen LogP contribution in [-0.2, 0) is 0 Å². The van der Waals surface area contributed by atoms with Gasteiger partial charge in [-0.25, -0.2) is 14.8 Å². The first kappa shape index (κ1) is 9.45. The Morgan fingerprint density at radius 1 is 1.60 bits per heavy atom. The maximum absolute atomic E-state index is 11.0. The van der Waals surface area contributed by atoms with Crippen molar-refractivity contribution in [3.8, 4) is 5.88 Å². The van der Waals surface area contributed by atoms with E-state index in [1.807, 2.05) is 0 Å². The second kappa shape index (κ2) is 3.23. The van der Waals surface area contributed by atoms with E-state index in [1.54, 1.807) is 13.1 Å². The second-order valence-electron chi connectivity index (χ2n) is 2.98. The monoisotopic (exact) mass is 207 g/mol. The molecule has 0 aliphatic carbocycles. The lowest BCUT2D eigenvalue weighted by Crippen LogP contribution is -2.04. The number of aryl methyl sites for hydroxylation is 1. The van der Waals surface area contributed by atoms with Crippen molar-refractivity contribution in [2.75, 3.05) is 7.11 Å². The summed E-state index contributed by atoms with van der Waals surface area (Å²) in [5.74, 6) is -0.707. The van der Waals surface area contributed by atoms with Crippen LogP contribution < -0.4 is 4.74 Å². The molecule has 0 unspecified atom stereocenters. The van der Waals surface area contributed by atoms with Gasteiger partial charge in [-0.05, 0) is 6.92 Å². The largest absolute Gasteiger partial charge is 0.478 e. The van der Waals surface area contributed by atoms with Crippen molar-refractivity contribution in [2.24, 2.45) is 0 Å². The van der Waals surface area contributed by atoms with Crippen molar-refractivity contribution in [2.45, 2.75) is 6.92 Å². The third-order valence-corrected chi connectivity index (χ3v) is 2.08. The smallest absolute Gasteiger partial charge is 0.354 e. The van der Waals surface area contributed by atoms with E-state index < -0.39 is 5.97 Å². The number of fused-ring (bicyclic) bond motifs is 1. The third-order valence-electron chi connectivity index (χ3n) is 2.08. The zero-order valence-corrected chi connectivity index (χ0v) is 8.26. The molecule has 78 valence electrons. The first-order valence-corrected chi connectivity index (χ1v) is 4.26. The van der Waals surface area contributed by atoms with Gasteiger partial charge in [0.2, 0.25) is 5.65 Å². The molecule has 6 nitrogen and oxygen atoms in total. The summed E-state index contributed by atoms with van der Waals surface area (Å²) in [5, 5.41) is 8.99. The van der Waals surface area contributed by atoms with Crippen molar-refractivity contribution >= 4 is 11.6 Å². The number of carboxylic acids is 1. The minimum atomic E-state index is -1.02. The van der Waals surface area contributed by atoms with Crippen LogP contribution in [-0.4, -0.2) is 32.6 Å². The molecular formula is C9H9N3O3. The lowest BCUT2D eigenvalue weighted by Gasteiger charge is -2.00. The van der Waals surface area contributed by atoms with Gasteiger partial charge in [-0.1, -0.05) is 0 Å². The van der Waals surface area contributed by atoms with E-state index in [-0.39, 0.29) is 5.69 Å². The summed E-state index contributed by atoms with van der Waals surface area (Å²) >= 11 is 0. The van der Waals surface area contributed by atoms with Crippen LogP contribution in [0.2, 0.25) is 0 Å². The molecule has 2 aromatic rings. The molecule has 2 heterocycles. The summed E-state index contributed by atoms with van der Waals surface area (Å²) in [5.41, 5.74) is 0.981. The number of carboxylic acid groups (broad SMARTS) is 1. The van der Waals surface area contributed by atoms with Gasteiger partial charge in [0.05, 0.1) is 12.8 Å². The first-order chi connectivity index (χ1) is 7.15. The first-order valence-electron chi connectivity index (χ1n) is 4.26. The van der Waals surface area contributed by atoms with E-state index >= 15 is 0 Å². The average Bonchev–Trinajstić information content (AvgIpc) is 2.53. The lowest BCUT2D eigenvalue weighted by atomic mass is 10.3. The fourth-order valence-electron chi connectivity index (χ4n) is 1.47. The Kier molecular flexibility index (Phi) is 2.03. The van der Waals surface area contributed by atoms with Crippen molar-refractivity contribution in [3.63, 3.8) is 0 Å². The van der Waals surface area contributed by atoms with Crippen molar-refractivity contribution in [1.82, 2.24) is 14.4 Å². The number of rotatable bonds is 2. The molecule has 6 heteroatoms. The molecule has 0 aliphatic heterocycles. The summed E-state index contributed by atoms with van der Waals surface area (Å²) in [4.78, 5) is 19.0. The number of hydrogen-bond acceptors (Lipinski definition) is 4. The van der Waals surface area contributed by atoms with Crippen LogP contribution in [0.15, 0.2) is 12.4 Å². The minimum Gasteiger partial charge on any atom is -0.478 e. The Morgan fingerprint density at radius 3 is 2.93 bits per heavy atom. The summed E-state index contributed by atoms with van der Waals surface area (Å²) in [6.45, 7) is 1.63. The van der Waals surface area contributed by atoms with Gasteiger partial charge >= 0.3 is 5.97 Å². The molecule has 0 fully saturated rings. The highest BCUT2D eigenvalue weighted by Gasteiger charge is 2.17. The van der Waals surface area contributed by atoms with Crippen molar-refractivity contribution in [3.05, 3.63) is 23.8 Å². The average molecular weight is 207 g/mol. The number of imidazole rings is 1. The number of aromatic carboxylic acids is 1. The molecule has 0 bridgehead atoms. The molecule has 1 N–H and O–H groups in total. The molecule has 0 spiro atoms. The molecule has 2 rings (SSSR count). The van der Waals surface area contributed by atoms with Gasteiger partial charge in [-0.2, -0.15) is 0 Å². The van der Waals surface area contributed by atoms with Crippen molar-refractivity contribution in [1.29, 1.82) is 0 Å². The molecule has 0 radical (unpaired) electrons. The number of nitrogens with zero attached hydrogens (tertiary/aromatic N) is 3. The zero-order chi connectivity index (χ0) is 11.0. The Labute approximate surface area is 85.2 Å². The van der Waals surface area contributed by atoms with Crippen LogP contribution in [0, 0.1) is 6.92 Å². The normalized spacial score (nSPS) is 10.5. The quantitative estimate of drug-likeness (QED) is 0.786. The van der Waals surface area contributed by atoms with Crippen molar-refractivity contribution < 1.29 is 14.6 Å². The maximum atomic E-state index is 11.0. The molecule has 0 amide bonds. The predicted molar refractivity (Wildman–Crippen MR) is 51.2 cm³/mol. The van der Waals surface area contributed by atoms with E-state index in [1.165, 1.54) is 17.7 Å². The standard InChI is InChI=1S/C9H9N3O3/c1-5-6(9(13)14)12-4-3-10-8(15-2)7(12)11-5/h3-4H,1-2H3,(H,13,14). The van der Waals surface area contributed by atoms with Crippen LogP contribution in [0.4, 0.5) is 0 Å². The molecular weight excluding hydrogens is 198 g/mol. The van der Waals surface area contributed by atoms with Gasteiger partial charge < -0.3 is 9.84 Å². The Hall–Kier alpha value is -2.11. The number of hydrogen-bond donors (Lipinski definition) is 1. The van der Waals surface area contributed by atoms with E-state index in [0.29, 0.717) is 17.2 Å². The second-order valence-corrected chi connectivity index (χ2v) is 2.98. The zero-order valence-electron chi connectivity index (χ0n) is 8.26. The Balaban J connectivity index is 2.84. The lowest BCUT2D eigenvalue weighted by molar-refractivity contribution is 0.0688. The van der Waals surface area contributed by atoms with E-state index in [0.717, 1.165) is 0 Å². The molecule has 2 aromatic heterocycles. The van der Waals surface area contributed by atoms with Gasteiger partial charge in [-0.15, -0.1) is 0 Å². The van der Waals surface area contributed by atoms with Crippen LogP contribution in [0.3, 0.4) is 0 Å². The number of ether oxygens (including phenoxy) is 1. The van der Waals surface area contributed by atoms with Gasteiger partial charge in [0.15, 0.2) is 5.69 Å². The van der Waals surface area contributed by atoms with Gasteiger partial charge in [0.25, 0.3) is 5.88 Å². The van der Waals surface area contributed by atoms with Crippen LogP contribution in [0.25, 0.3) is 5.65 Å². The molecule has 0 saturated carbocycles. The highest BCUT2D eigenvalue weighted by Crippen LogP contribution is 2.18. The minimum absolute atomic E-state index is 0.130. The van der Waals surface area contributed by atoms with Crippen LogP contribution in [0.1, 0.15) is 16.2 Å². The fourth-order valence-corrected chi connectivity index (χ4v) is 1.47. The summed E-state index contributed by atoms with van der Waals surface area (Å²) in [7, 11) is 1.47. The highest BCUT2D eigenvalue weighted by molar-refractivity contribution is 5.88. The van der Waals surface area contributed by atoms with E-state index in [9.17, 15) is 4.79 Å². The fraction of sp³-hybridized carbons (Fsp3) is 0.222. The third kappa shape index (κ3) is 1.30. The maximum Gasteiger partial charge on any atom is 0.354 e. The van der Waals surface area contributed by atoms with E-state index in [2.05, 4.69) is 9.97 Å². The van der Waals surface area contributed by atoms with Gasteiger partial charge in [0.1, 0.15) is 0 Å². The summed E-state index contributed by atoms with van der Waals surface area (Å²) in [6, 6.07) is 0.